The Balaban J connectivity index is 2.44. The quantitative estimate of drug-likeness (QED) is 0.415. The SMILES string of the molecule is C#CCC(C)=CC1C=CCC1. The minimum absolute atomic E-state index is 0.656. The molecule has 0 aromatic carbocycles. The van der Waals surface area contributed by atoms with Crippen molar-refractivity contribution in [1.29, 1.82) is 0 Å². The number of hydrogen-bond donors (Lipinski definition) is 0. The highest BCUT2D eigenvalue weighted by molar-refractivity contribution is 5.14. The summed E-state index contributed by atoms with van der Waals surface area (Å²) in [5, 5.41) is 0. The second kappa shape index (κ2) is 4.03. The van der Waals surface area contributed by atoms with E-state index in [9.17, 15) is 0 Å². The normalized spacial score (nSPS) is 23.6. The lowest BCUT2D eigenvalue weighted by Crippen LogP contribution is -1.86. The van der Waals surface area contributed by atoms with Crippen LogP contribution in [0.1, 0.15) is 26.2 Å². The Morgan fingerprint density at radius 1 is 1.82 bits per heavy atom. The van der Waals surface area contributed by atoms with Gasteiger partial charge in [0.1, 0.15) is 0 Å². The van der Waals surface area contributed by atoms with Crippen molar-refractivity contribution in [3.05, 3.63) is 23.8 Å². The van der Waals surface area contributed by atoms with Crippen molar-refractivity contribution in [2.24, 2.45) is 5.92 Å². The summed E-state index contributed by atoms with van der Waals surface area (Å²) in [6.45, 7) is 2.10. The molecule has 0 spiro atoms. The number of terminal acetylenes is 1. The third-order valence-corrected chi connectivity index (χ3v) is 1.93. The molecule has 0 aromatic rings. The molecule has 11 heavy (non-hydrogen) atoms. The average Bonchev–Trinajstić information content (AvgIpc) is 2.40. The Morgan fingerprint density at radius 2 is 2.64 bits per heavy atom. The molecular formula is C11H14. The smallest absolute Gasteiger partial charge is 0.0294 e. The van der Waals surface area contributed by atoms with Gasteiger partial charge in [-0.25, -0.2) is 0 Å². The van der Waals surface area contributed by atoms with E-state index in [1.54, 1.807) is 0 Å². The summed E-state index contributed by atoms with van der Waals surface area (Å²) in [4.78, 5) is 0. The molecule has 0 nitrogen and oxygen atoms in total. The molecule has 1 atom stereocenters. The van der Waals surface area contributed by atoms with Gasteiger partial charge in [-0.3, -0.25) is 0 Å². The van der Waals surface area contributed by atoms with E-state index in [-0.39, 0.29) is 0 Å². The zero-order valence-corrected chi connectivity index (χ0v) is 7.01. The van der Waals surface area contributed by atoms with Gasteiger partial charge < -0.3 is 0 Å². The van der Waals surface area contributed by atoms with Crippen LogP contribution in [-0.2, 0) is 0 Å². The van der Waals surface area contributed by atoms with Crippen LogP contribution in [0.4, 0.5) is 0 Å². The van der Waals surface area contributed by atoms with Crippen LogP contribution < -0.4 is 0 Å². The minimum atomic E-state index is 0.656. The second-order valence-corrected chi connectivity index (χ2v) is 3.06. The van der Waals surface area contributed by atoms with E-state index in [0.717, 1.165) is 6.42 Å². The van der Waals surface area contributed by atoms with Crippen molar-refractivity contribution < 1.29 is 0 Å². The minimum Gasteiger partial charge on any atom is -0.120 e. The van der Waals surface area contributed by atoms with E-state index in [4.69, 9.17) is 6.42 Å². The zero-order valence-electron chi connectivity index (χ0n) is 7.01. The molecule has 0 radical (unpaired) electrons. The van der Waals surface area contributed by atoms with Gasteiger partial charge in [-0.15, -0.1) is 12.3 Å². The number of rotatable bonds is 2. The van der Waals surface area contributed by atoms with Crippen LogP contribution in [0.5, 0.6) is 0 Å². The standard InChI is InChI=1S/C11H14/c1-3-6-10(2)9-11-7-4-5-8-11/h1,4,7,9,11H,5-6,8H2,2H3. The lowest BCUT2D eigenvalue weighted by atomic mass is 10.0. The fourth-order valence-electron chi connectivity index (χ4n) is 1.38. The Morgan fingerprint density at radius 3 is 3.18 bits per heavy atom. The van der Waals surface area contributed by atoms with Gasteiger partial charge in [-0.05, 0) is 25.7 Å². The summed E-state index contributed by atoms with van der Waals surface area (Å²) < 4.78 is 0. The highest BCUT2D eigenvalue weighted by atomic mass is 14.1. The van der Waals surface area contributed by atoms with Gasteiger partial charge in [0.2, 0.25) is 0 Å². The second-order valence-electron chi connectivity index (χ2n) is 3.06. The molecule has 0 aromatic heterocycles. The van der Waals surface area contributed by atoms with Crippen molar-refractivity contribution in [2.45, 2.75) is 26.2 Å². The largest absolute Gasteiger partial charge is 0.120 e. The van der Waals surface area contributed by atoms with Gasteiger partial charge >= 0.3 is 0 Å². The molecule has 0 heterocycles. The highest BCUT2D eigenvalue weighted by Crippen LogP contribution is 2.20. The van der Waals surface area contributed by atoms with Gasteiger partial charge in [0.25, 0.3) is 0 Å². The predicted octanol–water partition coefficient (Wildman–Crippen LogP) is 2.92. The van der Waals surface area contributed by atoms with Crippen LogP contribution in [0, 0.1) is 18.3 Å². The molecule has 0 N–H and O–H groups in total. The molecule has 1 unspecified atom stereocenters. The summed E-state index contributed by atoms with van der Waals surface area (Å²) in [7, 11) is 0. The monoisotopic (exact) mass is 146 g/mol. The predicted molar refractivity (Wildman–Crippen MR) is 49.1 cm³/mol. The molecular weight excluding hydrogens is 132 g/mol. The number of hydrogen-bond acceptors (Lipinski definition) is 0. The first-order valence-corrected chi connectivity index (χ1v) is 4.10. The first kappa shape index (κ1) is 8.14. The van der Waals surface area contributed by atoms with Gasteiger partial charge in [0.05, 0.1) is 0 Å². The van der Waals surface area contributed by atoms with Crippen LogP contribution in [0.2, 0.25) is 0 Å². The Hall–Kier alpha value is -0.960. The molecule has 58 valence electrons. The molecule has 1 aliphatic carbocycles. The third-order valence-electron chi connectivity index (χ3n) is 1.93. The summed E-state index contributed by atoms with van der Waals surface area (Å²) >= 11 is 0. The van der Waals surface area contributed by atoms with Crippen molar-refractivity contribution in [3.8, 4) is 12.3 Å². The van der Waals surface area contributed by atoms with Gasteiger partial charge in [0, 0.05) is 6.42 Å². The molecule has 0 bridgehead atoms. The molecule has 0 fully saturated rings. The first-order valence-electron chi connectivity index (χ1n) is 4.10. The fourth-order valence-corrected chi connectivity index (χ4v) is 1.38. The molecule has 0 saturated heterocycles. The van der Waals surface area contributed by atoms with E-state index in [1.807, 2.05) is 0 Å². The van der Waals surface area contributed by atoms with Crippen LogP contribution >= 0.6 is 0 Å². The third kappa shape index (κ3) is 2.63. The fraction of sp³-hybridized carbons (Fsp3) is 0.455. The van der Waals surface area contributed by atoms with Gasteiger partial charge in [-0.1, -0.05) is 23.8 Å². The highest BCUT2D eigenvalue weighted by Gasteiger charge is 2.04. The van der Waals surface area contributed by atoms with Gasteiger partial charge in [0.15, 0.2) is 0 Å². The average molecular weight is 146 g/mol. The van der Waals surface area contributed by atoms with E-state index in [1.165, 1.54) is 18.4 Å². The van der Waals surface area contributed by atoms with E-state index < -0.39 is 0 Å². The lowest BCUT2D eigenvalue weighted by molar-refractivity contribution is 0.764. The van der Waals surface area contributed by atoms with Crippen molar-refractivity contribution in [1.82, 2.24) is 0 Å². The lowest BCUT2D eigenvalue weighted by Gasteiger charge is -2.00. The summed E-state index contributed by atoms with van der Waals surface area (Å²) in [6, 6.07) is 0. The van der Waals surface area contributed by atoms with Crippen molar-refractivity contribution >= 4 is 0 Å². The molecule has 0 heteroatoms. The van der Waals surface area contributed by atoms with Crippen LogP contribution in [0.25, 0.3) is 0 Å². The van der Waals surface area contributed by atoms with E-state index >= 15 is 0 Å². The Labute approximate surface area is 69.0 Å². The van der Waals surface area contributed by atoms with Crippen LogP contribution in [0.3, 0.4) is 0 Å². The maximum absolute atomic E-state index is 5.19. The molecule has 0 aliphatic heterocycles. The summed E-state index contributed by atoms with van der Waals surface area (Å²) in [5.74, 6) is 3.30. The molecule has 0 amide bonds. The van der Waals surface area contributed by atoms with Gasteiger partial charge in [-0.2, -0.15) is 0 Å². The molecule has 1 rings (SSSR count). The van der Waals surface area contributed by atoms with Crippen LogP contribution in [0.15, 0.2) is 23.8 Å². The van der Waals surface area contributed by atoms with E-state index in [2.05, 4.69) is 31.1 Å². The Kier molecular flexibility index (Phi) is 2.98. The summed E-state index contributed by atoms with van der Waals surface area (Å²) in [6.07, 6.45) is 15.3. The molecule has 1 aliphatic rings. The maximum atomic E-state index is 5.19. The van der Waals surface area contributed by atoms with E-state index in [0.29, 0.717) is 5.92 Å². The topological polar surface area (TPSA) is 0 Å². The molecule has 0 saturated carbocycles. The maximum Gasteiger partial charge on any atom is 0.0294 e. The number of allylic oxidation sites excluding steroid dienone is 4. The van der Waals surface area contributed by atoms with Crippen molar-refractivity contribution in [2.75, 3.05) is 0 Å². The summed E-state index contributed by atoms with van der Waals surface area (Å²) in [5.41, 5.74) is 1.32. The zero-order chi connectivity index (χ0) is 8.10. The van der Waals surface area contributed by atoms with Crippen molar-refractivity contribution in [3.63, 3.8) is 0 Å². The first-order chi connectivity index (χ1) is 5.33. The van der Waals surface area contributed by atoms with Crippen LogP contribution in [-0.4, -0.2) is 0 Å². The Bertz CT molecular complexity index is 213.